The average molecular weight is 523 g/mol. The standard InChI is InChI=1S/C32H34N4O3/c1-6-31(4,5)27-21(20-11-7-8-13-23(20)33-27)16-24-29(38)36-25(28(37)34-24)17-32(39)22-12-9-10-19(15-14-18(2)3)26(22)35-30(32)36/h6-14,16,25,30,33,35,39H,1,15,17H2,2-5H3,(H,34,37)/t25-,30+,32-/m0/s1. The van der Waals surface area contributed by atoms with Gasteiger partial charge in [0.15, 0.2) is 0 Å². The van der Waals surface area contributed by atoms with Gasteiger partial charge in [0.2, 0.25) is 5.91 Å². The largest absolute Gasteiger partial charge is 0.381 e. The van der Waals surface area contributed by atoms with E-state index in [4.69, 9.17) is 0 Å². The smallest absolute Gasteiger partial charge is 0.272 e. The van der Waals surface area contributed by atoms with Crippen molar-refractivity contribution in [2.45, 2.75) is 63.8 Å². The molecule has 0 spiro atoms. The highest BCUT2D eigenvalue weighted by Gasteiger charge is 2.62. The summed E-state index contributed by atoms with van der Waals surface area (Å²) in [6.07, 6.45) is 5.88. The topological polar surface area (TPSA) is 97.5 Å². The number of para-hydroxylation sites is 2. The number of carbonyl (C=O) groups is 2. The molecule has 4 heterocycles. The number of fused-ring (bicyclic) bond motifs is 6. The SMILES string of the molecule is C=CC(C)(C)c1[nH]c2ccccc2c1C=C1NC(=O)[C@@H]2C[C@]3(O)c4cccc(CC=C(C)C)c4N[C@@H]3N2C1=O. The molecule has 1 aromatic heterocycles. The van der Waals surface area contributed by atoms with Gasteiger partial charge in [-0.1, -0.05) is 68.0 Å². The van der Waals surface area contributed by atoms with Crippen molar-refractivity contribution in [1.29, 1.82) is 0 Å². The zero-order valence-electron chi connectivity index (χ0n) is 22.8. The molecule has 0 saturated carbocycles. The van der Waals surface area contributed by atoms with Gasteiger partial charge >= 0.3 is 0 Å². The lowest BCUT2D eigenvalue weighted by Crippen LogP contribution is -2.58. The lowest BCUT2D eigenvalue weighted by atomic mass is 9.86. The number of rotatable bonds is 5. The number of aliphatic hydroxyl groups is 1. The molecule has 0 radical (unpaired) electrons. The Morgan fingerprint density at radius 2 is 1.95 bits per heavy atom. The van der Waals surface area contributed by atoms with Gasteiger partial charge in [-0.15, -0.1) is 6.58 Å². The summed E-state index contributed by atoms with van der Waals surface area (Å²) in [5, 5.41) is 19.2. The number of amides is 2. The molecule has 2 aromatic carbocycles. The van der Waals surface area contributed by atoms with Crippen molar-refractivity contribution < 1.29 is 14.7 Å². The third-order valence-electron chi connectivity index (χ3n) is 8.41. The molecular formula is C32H34N4O3. The zero-order chi connectivity index (χ0) is 27.7. The van der Waals surface area contributed by atoms with E-state index in [1.165, 1.54) is 10.5 Å². The molecule has 6 rings (SSSR count). The second-order valence-electron chi connectivity index (χ2n) is 11.7. The van der Waals surface area contributed by atoms with Crippen LogP contribution in [0.3, 0.4) is 0 Å². The Bertz CT molecular complexity index is 1610. The monoisotopic (exact) mass is 522 g/mol. The predicted molar refractivity (Wildman–Crippen MR) is 154 cm³/mol. The Balaban J connectivity index is 1.42. The van der Waals surface area contributed by atoms with E-state index >= 15 is 0 Å². The van der Waals surface area contributed by atoms with Gasteiger partial charge in [-0.3, -0.25) is 9.59 Å². The van der Waals surface area contributed by atoms with Crippen LogP contribution in [0.25, 0.3) is 17.0 Å². The lowest BCUT2D eigenvalue weighted by molar-refractivity contribution is -0.142. The van der Waals surface area contributed by atoms with Crippen LogP contribution < -0.4 is 10.6 Å². The first-order valence-electron chi connectivity index (χ1n) is 13.4. The molecule has 7 heteroatoms. The van der Waals surface area contributed by atoms with Gasteiger partial charge < -0.3 is 25.6 Å². The minimum Gasteiger partial charge on any atom is -0.381 e. The lowest BCUT2D eigenvalue weighted by Gasteiger charge is -2.35. The van der Waals surface area contributed by atoms with Crippen LogP contribution in [0.15, 0.2) is 72.5 Å². The second kappa shape index (κ2) is 8.71. The van der Waals surface area contributed by atoms with E-state index in [1.54, 1.807) is 6.08 Å². The van der Waals surface area contributed by atoms with Crippen LogP contribution in [0, 0.1) is 0 Å². The van der Waals surface area contributed by atoms with Crippen molar-refractivity contribution in [3.05, 3.63) is 94.8 Å². The molecule has 2 fully saturated rings. The summed E-state index contributed by atoms with van der Waals surface area (Å²) < 4.78 is 0. The van der Waals surface area contributed by atoms with E-state index in [-0.39, 0.29) is 23.9 Å². The number of piperazine rings is 1. The Hall–Kier alpha value is -4.10. The minimum absolute atomic E-state index is 0.135. The number of allylic oxidation sites excluding steroid dienone is 3. The number of H-pyrrole nitrogens is 1. The zero-order valence-corrected chi connectivity index (χ0v) is 22.8. The van der Waals surface area contributed by atoms with Crippen molar-refractivity contribution in [3.8, 4) is 0 Å². The molecule has 0 bridgehead atoms. The number of aromatic amines is 1. The summed E-state index contributed by atoms with van der Waals surface area (Å²) in [7, 11) is 0. The summed E-state index contributed by atoms with van der Waals surface area (Å²) in [6.45, 7) is 12.2. The fourth-order valence-corrected chi connectivity index (χ4v) is 6.17. The molecule has 3 aliphatic rings. The Labute approximate surface area is 228 Å². The third-order valence-corrected chi connectivity index (χ3v) is 8.41. The van der Waals surface area contributed by atoms with E-state index < -0.39 is 23.2 Å². The Kier molecular flexibility index (Phi) is 5.63. The van der Waals surface area contributed by atoms with E-state index in [9.17, 15) is 14.7 Å². The number of hydrogen-bond donors (Lipinski definition) is 4. The van der Waals surface area contributed by atoms with E-state index in [0.29, 0.717) is 6.42 Å². The van der Waals surface area contributed by atoms with Crippen LogP contribution >= 0.6 is 0 Å². The molecule has 3 aliphatic heterocycles. The number of hydrogen-bond acceptors (Lipinski definition) is 4. The van der Waals surface area contributed by atoms with Crippen LogP contribution in [0.5, 0.6) is 0 Å². The number of nitrogens with one attached hydrogen (secondary N) is 3. The van der Waals surface area contributed by atoms with Crippen molar-refractivity contribution in [2.24, 2.45) is 0 Å². The normalized spacial score (nSPS) is 24.7. The van der Waals surface area contributed by atoms with Gasteiger partial charge in [-0.05, 0) is 38.0 Å². The molecule has 3 atom stereocenters. The maximum Gasteiger partial charge on any atom is 0.272 e. The van der Waals surface area contributed by atoms with Crippen molar-refractivity contribution in [2.75, 3.05) is 5.32 Å². The van der Waals surface area contributed by atoms with Crippen molar-refractivity contribution in [1.82, 2.24) is 15.2 Å². The highest BCUT2D eigenvalue weighted by molar-refractivity contribution is 6.09. The Morgan fingerprint density at radius 1 is 1.18 bits per heavy atom. The minimum atomic E-state index is -1.36. The predicted octanol–water partition coefficient (Wildman–Crippen LogP) is 4.85. The molecule has 7 nitrogen and oxygen atoms in total. The van der Waals surface area contributed by atoms with E-state index in [2.05, 4.69) is 56.0 Å². The summed E-state index contributed by atoms with van der Waals surface area (Å²) >= 11 is 0. The second-order valence-corrected chi connectivity index (χ2v) is 11.7. The number of nitrogens with zero attached hydrogens (tertiary/aromatic N) is 1. The van der Waals surface area contributed by atoms with Gasteiger partial charge in [0.05, 0.1) is 0 Å². The quantitative estimate of drug-likeness (QED) is 0.284. The van der Waals surface area contributed by atoms with Gasteiger partial charge in [0.1, 0.15) is 23.5 Å². The number of aromatic nitrogens is 1. The van der Waals surface area contributed by atoms with Crippen LogP contribution in [0.1, 0.15) is 56.5 Å². The van der Waals surface area contributed by atoms with Gasteiger partial charge in [-0.25, -0.2) is 0 Å². The fraction of sp³-hybridized carbons (Fsp3) is 0.312. The molecule has 2 amide bonds. The highest BCUT2D eigenvalue weighted by Crippen LogP contribution is 2.51. The first-order valence-corrected chi connectivity index (χ1v) is 13.4. The molecule has 39 heavy (non-hydrogen) atoms. The summed E-state index contributed by atoms with van der Waals surface area (Å²) in [5.74, 6) is -0.614. The van der Waals surface area contributed by atoms with Gasteiger partial charge in [0, 0.05) is 45.2 Å². The number of benzene rings is 2. The highest BCUT2D eigenvalue weighted by atomic mass is 16.3. The molecule has 4 N–H and O–H groups in total. The molecule has 2 saturated heterocycles. The van der Waals surface area contributed by atoms with Crippen LogP contribution in [-0.2, 0) is 27.0 Å². The summed E-state index contributed by atoms with van der Waals surface area (Å²) in [5.41, 5.74) is 4.94. The molecule has 0 unspecified atom stereocenters. The Morgan fingerprint density at radius 3 is 2.69 bits per heavy atom. The van der Waals surface area contributed by atoms with Crippen molar-refractivity contribution in [3.63, 3.8) is 0 Å². The maximum atomic E-state index is 14.0. The van der Waals surface area contributed by atoms with Crippen LogP contribution in [-0.4, -0.2) is 39.0 Å². The maximum absolute atomic E-state index is 14.0. The number of carbonyl (C=O) groups excluding carboxylic acids is 2. The van der Waals surface area contributed by atoms with Gasteiger partial charge in [0.25, 0.3) is 5.91 Å². The first-order chi connectivity index (χ1) is 18.5. The van der Waals surface area contributed by atoms with Crippen LogP contribution in [0.2, 0.25) is 0 Å². The van der Waals surface area contributed by atoms with Crippen LogP contribution in [0.4, 0.5) is 5.69 Å². The summed E-state index contributed by atoms with van der Waals surface area (Å²) in [4.78, 5) is 32.4. The van der Waals surface area contributed by atoms with E-state index in [0.717, 1.165) is 39.0 Å². The summed E-state index contributed by atoms with van der Waals surface area (Å²) in [6, 6.07) is 13.0. The molecule has 200 valence electrons. The fourth-order valence-electron chi connectivity index (χ4n) is 6.17. The molecule has 0 aliphatic carbocycles. The van der Waals surface area contributed by atoms with E-state index in [1.807, 2.05) is 48.5 Å². The average Bonchev–Trinajstić information content (AvgIpc) is 3.52. The number of anilines is 1. The van der Waals surface area contributed by atoms with Gasteiger partial charge in [-0.2, -0.15) is 0 Å². The first kappa shape index (κ1) is 25.2. The molecular weight excluding hydrogens is 488 g/mol. The molecule has 3 aromatic rings. The third kappa shape index (κ3) is 3.75. The van der Waals surface area contributed by atoms with Crippen molar-refractivity contribution >= 4 is 34.5 Å².